The van der Waals surface area contributed by atoms with Crippen molar-refractivity contribution in [3.05, 3.63) is 53.4 Å². The summed E-state index contributed by atoms with van der Waals surface area (Å²) in [6, 6.07) is 5.46. The Balaban J connectivity index is 1.85. The molecule has 0 spiro atoms. The van der Waals surface area contributed by atoms with Crippen LogP contribution in [0.5, 0.6) is 0 Å². The number of nitrogens with zero attached hydrogens (tertiary/aromatic N) is 2. The van der Waals surface area contributed by atoms with Crippen LogP contribution in [0, 0.1) is 11.6 Å². The minimum Gasteiger partial charge on any atom is -0.307 e. The molecule has 0 atom stereocenters. The van der Waals surface area contributed by atoms with Crippen LogP contribution >= 0.6 is 0 Å². The third-order valence-corrected chi connectivity index (χ3v) is 2.71. The molecule has 0 fully saturated rings. The third kappa shape index (κ3) is 4.13. The first-order valence-electron chi connectivity index (χ1n) is 6.35. The summed E-state index contributed by atoms with van der Waals surface area (Å²) in [6.07, 6.45) is 2.97. The maximum atomic E-state index is 13.0. The van der Waals surface area contributed by atoms with Crippen LogP contribution in [0.25, 0.3) is 0 Å². The minimum absolute atomic E-state index is 0.412. The lowest BCUT2D eigenvalue weighted by atomic mass is 10.2. The van der Waals surface area contributed by atoms with Gasteiger partial charge in [-0.1, -0.05) is 6.92 Å². The van der Waals surface area contributed by atoms with E-state index in [0.717, 1.165) is 24.7 Å². The van der Waals surface area contributed by atoms with Gasteiger partial charge in [-0.2, -0.15) is 5.10 Å². The van der Waals surface area contributed by atoms with Crippen LogP contribution in [-0.4, -0.2) is 9.78 Å². The topological polar surface area (TPSA) is 29.9 Å². The SMILES string of the molecule is CCCn1ccc(CNCc2cc(F)cc(F)c2)n1. The number of halogens is 2. The van der Waals surface area contributed by atoms with Crippen molar-refractivity contribution in [2.45, 2.75) is 33.0 Å². The van der Waals surface area contributed by atoms with Gasteiger partial charge in [-0.25, -0.2) is 8.78 Å². The Morgan fingerprint density at radius 1 is 1.16 bits per heavy atom. The lowest BCUT2D eigenvalue weighted by molar-refractivity contribution is 0.569. The largest absolute Gasteiger partial charge is 0.307 e. The molecule has 1 N–H and O–H groups in total. The molecular formula is C14H17F2N3. The Morgan fingerprint density at radius 3 is 2.58 bits per heavy atom. The summed E-state index contributed by atoms with van der Waals surface area (Å²) in [4.78, 5) is 0. The predicted molar refractivity (Wildman–Crippen MR) is 69.4 cm³/mol. The van der Waals surface area contributed by atoms with E-state index >= 15 is 0 Å². The van der Waals surface area contributed by atoms with Crippen molar-refractivity contribution in [2.24, 2.45) is 0 Å². The summed E-state index contributed by atoms with van der Waals surface area (Å²) in [5.41, 5.74) is 1.51. The molecule has 1 heterocycles. The van der Waals surface area contributed by atoms with E-state index in [2.05, 4.69) is 17.3 Å². The summed E-state index contributed by atoms with van der Waals surface area (Å²) in [6.45, 7) is 3.98. The molecular weight excluding hydrogens is 248 g/mol. The Morgan fingerprint density at radius 2 is 1.89 bits per heavy atom. The standard InChI is InChI=1S/C14H17F2N3/c1-2-4-19-5-3-14(18-19)10-17-9-11-6-12(15)8-13(16)7-11/h3,5-8,17H,2,4,9-10H2,1H3. The highest BCUT2D eigenvalue weighted by atomic mass is 19.1. The number of hydrogen-bond acceptors (Lipinski definition) is 2. The van der Waals surface area contributed by atoms with Gasteiger partial charge in [0.1, 0.15) is 11.6 Å². The number of nitrogens with one attached hydrogen (secondary N) is 1. The van der Waals surface area contributed by atoms with Crippen LogP contribution in [0.2, 0.25) is 0 Å². The molecule has 0 bridgehead atoms. The summed E-state index contributed by atoms with van der Waals surface area (Å²) >= 11 is 0. The van der Waals surface area contributed by atoms with E-state index in [4.69, 9.17) is 0 Å². The van der Waals surface area contributed by atoms with E-state index in [1.807, 2.05) is 16.9 Å². The molecule has 102 valence electrons. The second-order valence-corrected chi connectivity index (χ2v) is 4.45. The van der Waals surface area contributed by atoms with E-state index in [9.17, 15) is 8.78 Å². The fraction of sp³-hybridized carbons (Fsp3) is 0.357. The van der Waals surface area contributed by atoms with Gasteiger partial charge in [0.15, 0.2) is 0 Å². The molecule has 0 radical (unpaired) electrons. The first-order chi connectivity index (χ1) is 9.17. The Labute approximate surface area is 111 Å². The van der Waals surface area contributed by atoms with Crippen molar-refractivity contribution >= 4 is 0 Å². The first-order valence-corrected chi connectivity index (χ1v) is 6.35. The predicted octanol–water partition coefficient (Wildman–Crippen LogP) is 2.86. The highest BCUT2D eigenvalue weighted by molar-refractivity contribution is 5.17. The van der Waals surface area contributed by atoms with Gasteiger partial charge in [0.05, 0.1) is 5.69 Å². The molecule has 1 aromatic heterocycles. The third-order valence-electron chi connectivity index (χ3n) is 2.71. The maximum Gasteiger partial charge on any atom is 0.126 e. The second-order valence-electron chi connectivity index (χ2n) is 4.45. The summed E-state index contributed by atoms with van der Waals surface area (Å²) < 4.78 is 27.9. The zero-order valence-corrected chi connectivity index (χ0v) is 10.9. The fourth-order valence-corrected chi connectivity index (χ4v) is 1.90. The molecule has 0 amide bonds. The molecule has 19 heavy (non-hydrogen) atoms. The van der Waals surface area contributed by atoms with Crippen LogP contribution in [0.3, 0.4) is 0 Å². The summed E-state index contributed by atoms with van der Waals surface area (Å²) in [5.74, 6) is -1.10. The van der Waals surface area contributed by atoms with Gasteiger partial charge in [-0.3, -0.25) is 4.68 Å². The molecule has 2 rings (SSSR count). The average Bonchev–Trinajstić information content (AvgIpc) is 2.76. The molecule has 1 aromatic carbocycles. The highest BCUT2D eigenvalue weighted by Crippen LogP contribution is 2.08. The average molecular weight is 265 g/mol. The van der Waals surface area contributed by atoms with Crippen molar-refractivity contribution in [1.29, 1.82) is 0 Å². The van der Waals surface area contributed by atoms with E-state index in [-0.39, 0.29) is 0 Å². The van der Waals surface area contributed by atoms with Crippen molar-refractivity contribution in [3.8, 4) is 0 Å². The van der Waals surface area contributed by atoms with Gasteiger partial charge in [-0.05, 0) is 30.2 Å². The van der Waals surface area contributed by atoms with Crippen molar-refractivity contribution in [2.75, 3.05) is 0 Å². The highest BCUT2D eigenvalue weighted by Gasteiger charge is 2.02. The molecule has 0 saturated carbocycles. The van der Waals surface area contributed by atoms with Crippen molar-refractivity contribution < 1.29 is 8.78 Å². The van der Waals surface area contributed by atoms with E-state index in [0.29, 0.717) is 18.7 Å². The van der Waals surface area contributed by atoms with Gasteiger partial charge in [0, 0.05) is 31.9 Å². The second kappa shape index (κ2) is 6.43. The number of aromatic nitrogens is 2. The molecule has 0 aliphatic carbocycles. The Bertz CT molecular complexity index is 517. The lowest BCUT2D eigenvalue weighted by Gasteiger charge is -2.04. The van der Waals surface area contributed by atoms with Crippen LogP contribution in [0.1, 0.15) is 24.6 Å². The van der Waals surface area contributed by atoms with Gasteiger partial charge in [-0.15, -0.1) is 0 Å². The zero-order valence-electron chi connectivity index (χ0n) is 10.9. The minimum atomic E-state index is -0.552. The molecule has 0 unspecified atom stereocenters. The molecule has 2 aromatic rings. The van der Waals surface area contributed by atoms with Crippen LogP contribution in [-0.2, 0) is 19.6 Å². The van der Waals surface area contributed by atoms with Crippen LogP contribution in [0.15, 0.2) is 30.5 Å². The van der Waals surface area contributed by atoms with E-state index in [1.165, 1.54) is 12.1 Å². The normalized spacial score (nSPS) is 10.9. The van der Waals surface area contributed by atoms with Gasteiger partial charge < -0.3 is 5.32 Å². The number of rotatable bonds is 6. The van der Waals surface area contributed by atoms with Crippen LogP contribution in [0.4, 0.5) is 8.78 Å². The zero-order chi connectivity index (χ0) is 13.7. The lowest BCUT2D eigenvalue weighted by Crippen LogP contribution is -2.13. The summed E-state index contributed by atoms with van der Waals surface area (Å²) in [5, 5.41) is 7.49. The van der Waals surface area contributed by atoms with E-state index < -0.39 is 11.6 Å². The number of hydrogen-bond donors (Lipinski definition) is 1. The molecule has 0 saturated heterocycles. The van der Waals surface area contributed by atoms with Gasteiger partial charge in [0.2, 0.25) is 0 Å². The Hall–Kier alpha value is -1.75. The fourth-order valence-electron chi connectivity index (χ4n) is 1.90. The van der Waals surface area contributed by atoms with Crippen molar-refractivity contribution in [3.63, 3.8) is 0 Å². The smallest absolute Gasteiger partial charge is 0.126 e. The molecule has 5 heteroatoms. The number of benzene rings is 1. The van der Waals surface area contributed by atoms with Gasteiger partial charge in [0.25, 0.3) is 0 Å². The van der Waals surface area contributed by atoms with E-state index in [1.54, 1.807) is 0 Å². The Kier molecular flexibility index (Phi) is 4.63. The van der Waals surface area contributed by atoms with Crippen molar-refractivity contribution in [1.82, 2.24) is 15.1 Å². The first kappa shape index (κ1) is 13.7. The number of aryl methyl sites for hydroxylation is 1. The molecule has 0 aliphatic rings. The monoisotopic (exact) mass is 265 g/mol. The summed E-state index contributed by atoms with van der Waals surface area (Å²) in [7, 11) is 0. The quantitative estimate of drug-likeness (QED) is 0.870. The van der Waals surface area contributed by atoms with Crippen LogP contribution < -0.4 is 5.32 Å². The molecule has 3 nitrogen and oxygen atoms in total. The van der Waals surface area contributed by atoms with Gasteiger partial charge >= 0.3 is 0 Å². The molecule has 0 aliphatic heterocycles. The maximum absolute atomic E-state index is 13.0.